The maximum atomic E-state index is 11.1. The van der Waals surface area contributed by atoms with Gasteiger partial charge in [-0.1, -0.05) is 26.7 Å². The molecule has 0 aliphatic heterocycles. The smallest absolute Gasteiger partial charge is 0.310 e. The van der Waals surface area contributed by atoms with Gasteiger partial charge in [0.05, 0.1) is 13.5 Å². The van der Waals surface area contributed by atoms with Gasteiger partial charge in [-0.05, 0) is 24.6 Å². The highest BCUT2D eigenvalue weighted by Crippen LogP contribution is 2.17. The molecule has 3 nitrogen and oxygen atoms in total. The van der Waals surface area contributed by atoms with Crippen LogP contribution in [0, 0.1) is 5.92 Å². The Kier molecular flexibility index (Phi) is 6.98. The number of ether oxygens (including phenoxy) is 1. The fourth-order valence-corrected chi connectivity index (χ4v) is 2.78. The lowest BCUT2D eigenvalue weighted by Gasteiger charge is -2.12. The van der Waals surface area contributed by atoms with Gasteiger partial charge in [-0.15, -0.1) is 11.3 Å². The van der Waals surface area contributed by atoms with Crippen molar-refractivity contribution in [3.63, 3.8) is 0 Å². The van der Waals surface area contributed by atoms with Crippen LogP contribution < -0.4 is 5.32 Å². The summed E-state index contributed by atoms with van der Waals surface area (Å²) in [5, 5.41) is 3.48. The van der Waals surface area contributed by atoms with E-state index in [2.05, 4.69) is 30.0 Å². The average Bonchev–Trinajstić information content (AvgIpc) is 2.82. The number of esters is 1. The van der Waals surface area contributed by atoms with Gasteiger partial charge < -0.3 is 10.1 Å². The van der Waals surface area contributed by atoms with E-state index in [0.717, 1.165) is 23.9 Å². The largest absolute Gasteiger partial charge is 0.469 e. The first kappa shape index (κ1) is 15.2. The first-order chi connectivity index (χ1) is 8.69. The van der Waals surface area contributed by atoms with Crippen LogP contribution in [0.15, 0.2) is 12.1 Å². The lowest BCUT2D eigenvalue weighted by molar-refractivity contribution is -0.139. The summed E-state index contributed by atoms with van der Waals surface area (Å²) in [6.45, 7) is 6.42. The monoisotopic (exact) mass is 269 g/mol. The molecule has 0 aromatic carbocycles. The molecule has 1 aromatic rings. The highest BCUT2D eigenvalue weighted by molar-refractivity contribution is 7.12. The minimum absolute atomic E-state index is 0.173. The van der Waals surface area contributed by atoms with Gasteiger partial charge in [-0.2, -0.15) is 0 Å². The minimum atomic E-state index is -0.173. The predicted molar refractivity (Wildman–Crippen MR) is 75.8 cm³/mol. The molecule has 18 heavy (non-hydrogen) atoms. The third kappa shape index (κ3) is 5.19. The van der Waals surface area contributed by atoms with Gasteiger partial charge in [0.25, 0.3) is 0 Å². The van der Waals surface area contributed by atoms with Crippen molar-refractivity contribution in [2.24, 2.45) is 5.92 Å². The highest BCUT2D eigenvalue weighted by atomic mass is 32.1. The maximum absolute atomic E-state index is 11.1. The van der Waals surface area contributed by atoms with E-state index in [9.17, 15) is 4.79 Å². The van der Waals surface area contributed by atoms with E-state index < -0.39 is 0 Å². The summed E-state index contributed by atoms with van der Waals surface area (Å²) in [7, 11) is 1.42. The summed E-state index contributed by atoms with van der Waals surface area (Å²) in [5.41, 5.74) is 0. The Hall–Kier alpha value is -0.870. The molecular weight excluding hydrogens is 246 g/mol. The molecule has 0 saturated heterocycles. The normalized spacial score (nSPS) is 10.9. The molecule has 0 bridgehead atoms. The Bertz CT molecular complexity index is 358. The molecule has 0 amide bonds. The van der Waals surface area contributed by atoms with Crippen molar-refractivity contribution in [1.29, 1.82) is 0 Å². The second-order valence-corrected chi connectivity index (χ2v) is 5.69. The summed E-state index contributed by atoms with van der Waals surface area (Å²) in [6, 6.07) is 4.10. The van der Waals surface area contributed by atoms with Crippen LogP contribution in [0.3, 0.4) is 0 Å². The van der Waals surface area contributed by atoms with Gasteiger partial charge in [0.2, 0.25) is 0 Å². The highest BCUT2D eigenvalue weighted by Gasteiger charge is 2.07. The SMILES string of the molecule is CCC(CC)CNCc1ccc(CC(=O)OC)s1. The average molecular weight is 269 g/mol. The van der Waals surface area contributed by atoms with Crippen molar-refractivity contribution < 1.29 is 9.53 Å². The van der Waals surface area contributed by atoms with Gasteiger partial charge in [-0.25, -0.2) is 0 Å². The fraction of sp³-hybridized carbons (Fsp3) is 0.643. The quantitative estimate of drug-likeness (QED) is 0.737. The second-order valence-electron chi connectivity index (χ2n) is 4.43. The van der Waals surface area contributed by atoms with E-state index in [4.69, 9.17) is 0 Å². The van der Waals surface area contributed by atoms with E-state index in [0.29, 0.717) is 6.42 Å². The maximum Gasteiger partial charge on any atom is 0.310 e. The van der Waals surface area contributed by atoms with Crippen LogP contribution in [0.1, 0.15) is 36.4 Å². The van der Waals surface area contributed by atoms with Crippen LogP contribution in [-0.2, 0) is 22.5 Å². The van der Waals surface area contributed by atoms with Gasteiger partial charge in [0.1, 0.15) is 0 Å². The number of rotatable bonds is 8. The molecule has 1 aromatic heterocycles. The van der Waals surface area contributed by atoms with Crippen LogP contribution in [0.4, 0.5) is 0 Å². The van der Waals surface area contributed by atoms with Crippen LogP contribution >= 0.6 is 11.3 Å². The minimum Gasteiger partial charge on any atom is -0.469 e. The molecule has 0 aliphatic carbocycles. The third-order valence-corrected chi connectivity index (χ3v) is 4.24. The molecule has 0 spiro atoms. The standard InChI is InChI=1S/C14H23NO2S/c1-4-11(5-2)9-15-10-13-7-6-12(18-13)8-14(16)17-3/h6-7,11,15H,4-5,8-10H2,1-3H3. The molecular formula is C14H23NO2S. The number of carbonyl (C=O) groups is 1. The van der Waals surface area contributed by atoms with Gasteiger partial charge in [0.15, 0.2) is 0 Å². The van der Waals surface area contributed by atoms with Crippen LogP contribution in [0.25, 0.3) is 0 Å². The molecule has 0 aliphatic rings. The van der Waals surface area contributed by atoms with Crippen molar-refractivity contribution in [2.75, 3.05) is 13.7 Å². The molecule has 1 N–H and O–H groups in total. The van der Waals surface area contributed by atoms with Gasteiger partial charge in [0, 0.05) is 16.3 Å². The predicted octanol–water partition coefficient (Wildman–Crippen LogP) is 2.99. The molecule has 0 fully saturated rings. The van der Waals surface area contributed by atoms with Crippen LogP contribution in [0.5, 0.6) is 0 Å². The van der Waals surface area contributed by atoms with Gasteiger partial charge >= 0.3 is 5.97 Å². The first-order valence-electron chi connectivity index (χ1n) is 6.54. The Morgan fingerprint density at radius 3 is 2.61 bits per heavy atom. The molecule has 4 heteroatoms. The number of thiophene rings is 1. The zero-order chi connectivity index (χ0) is 13.4. The zero-order valence-electron chi connectivity index (χ0n) is 11.5. The van der Waals surface area contributed by atoms with Crippen molar-refractivity contribution in [3.05, 3.63) is 21.9 Å². The van der Waals surface area contributed by atoms with Crippen molar-refractivity contribution in [3.8, 4) is 0 Å². The first-order valence-corrected chi connectivity index (χ1v) is 7.36. The van der Waals surface area contributed by atoms with Crippen molar-refractivity contribution in [1.82, 2.24) is 5.32 Å². The summed E-state index contributed by atoms with van der Waals surface area (Å²) >= 11 is 1.68. The molecule has 1 rings (SSSR count). The molecule has 102 valence electrons. The number of methoxy groups -OCH3 is 1. The number of carbonyl (C=O) groups excluding carboxylic acids is 1. The fourth-order valence-electron chi connectivity index (χ4n) is 1.80. The number of nitrogens with one attached hydrogen (secondary N) is 1. The summed E-state index contributed by atoms with van der Waals surface area (Å²) in [4.78, 5) is 13.5. The Morgan fingerprint density at radius 1 is 1.33 bits per heavy atom. The summed E-state index contributed by atoms with van der Waals surface area (Å²) in [6.07, 6.45) is 2.83. The van der Waals surface area contributed by atoms with E-state index in [1.54, 1.807) is 11.3 Å². The van der Waals surface area contributed by atoms with E-state index >= 15 is 0 Å². The van der Waals surface area contributed by atoms with Gasteiger partial charge in [-0.3, -0.25) is 4.79 Å². The number of hydrogen-bond acceptors (Lipinski definition) is 4. The van der Waals surface area contributed by atoms with Crippen molar-refractivity contribution in [2.45, 2.75) is 39.7 Å². The van der Waals surface area contributed by atoms with Crippen molar-refractivity contribution >= 4 is 17.3 Å². The lowest BCUT2D eigenvalue weighted by Crippen LogP contribution is -2.21. The molecule has 0 atom stereocenters. The van der Waals surface area contributed by atoms with Crippen LogP contribution in [-0.4, -0.2) is 19.6 Å². The summed E-state index contributed by atoms with van der Waals surface area (Å²) < 4.78 is 4.66. The molecule has 1 heterocycles. The molecule has 0 radical (unpaired) electrons. The van der Waals surface area contributed by atoms with E-state index in [1.165, 1.54) is 24.8 Å². The Balaban J connectivity index is 2.33. The molecule has 0 saturated carbocycles. The second kappa shape index (κ2) is 8.27. The Labute approximate surface area is 114 Å². The topological polar surface area (TPSA) is 38.3 Å². The van der Waals surface area contributed by atoms with E-state index in [1.807, 2.05) is 6.07 Å². The van der Waals surface area contributed by atoms with E-state index in [-0.39, 0.29) is 5.97 Å². The third-order valence-electron chi connectivity index (χ3n) is 3.15. The molecule has 0 unspecified atom stereocenters. The zero-order valence-corrected chi connectivity index (χ0v) is 12.3. The lowest BCUT2D eigenvalue weighted by atomic mass is 10.0. The van der Waals surface area contributed by atoms with Crippen LogP contribution in [0.2, 0.25) is 0 Å². The Morgan fingerprint density at radius 2 is 2.00 bits per heavy atom. The number of hydrogen-bond donors (Lipinski definition) is 1. The summed E-state index contributed by atoms with van der Waals surface area (Å²) in [5.74, 6) is 0.591.